The summed E-state index contributed by atoms with van der Waals surface area (Å²) in [5, 5.41) is 12.7. The SMILES string of the molecule is COc1ccc(-c2c(-c3ccccc3)oc3ncnc(NCCCCCC(=O)O)c23)cc1F. The molecule has 0 amide bonds. The van der Waals surface area contributed by atoms with Gasteiger partial charge >= 0.3 is 5.97 Å². The lowest BCUT2D eigenvalue weighted by Crippen LogP contribution is -2.05. The highest BCUT2D eigenvalue weighted by atomic mass is 19.1. The van der Waals surface area contributed by atoms with Gasteiger partial charge in [-0.1, -0.05) is 42.8 Å². The maximum Gasteiger partial charge on any atom is 0.303 e. The molecule has 7 nitrogen and oxygen atoms in total. The lowest BCUT2D eigenvalue weighted by atomic mass is 9.99. The Bertz CT molecular complexity index is 1260. The van der Waals surface area contributed by atoms with Crippen molar-refractivity contribution in [2.45, 2.75) is 25.7 Å². The number of aliphatic carboxylic acids is 1. The summed E-state index contributed by atoms with van der Waals surface area (Å²) in [6.07, 6.45) is 3.77. The Morgan fingerprint density at radius 3 is 2.64 bits per heavy atom. The van der Waals surface area contributed by atoms with Crippen LogP contribution in [0.4, 0.5) is 10.2 Å². The van der Waals surface area contributed by atoms with Gasteiger partial charge in [-0.25, -0.2) is 14.4 Å². The van der Waals surface area contributed by atoms with E-state index in [0.29, 0.717) is 46.8 Å². The minimum atomic E-state index is -0.788. The number of furan rings is 1. The molecule has 33 heavy (non-hydrogen) atoms. The largest absolute Gasteiger partial charge is 0.494 e. The van der Waals surface area contributed by atoms with Crippen LogP contribution in [0.5, 0.6) is 5.75 Å². The molecule has 0 radical (unpaired) electrons. The van der Waals surface area contributed by atoms with E-state index in [2.05, 4.69) is 15.3 Å². The van der Waals surface area contributed by atoms with E-state index in [1.165, 1.54) is 19.5 Å². The summed E-state index contributed by atoms with van der Waals surface area (Å²) in [5.41, 5.74) is 2.53. The maximum atomic E-state index is 14.6. The number of nitrogens with one attached hydrogen (secondary N) is 1. The van der Waals surface area contributed by atoms with Gasteiger partial charge in [-0.3, -0.25) is 4.79 Å². The smallest absolute Gasteiger partial charge is 0.303 e. The number of anilines is 1. The summed E-state index contributed by atoms with van der Waals surface area (Å²) in [5.74, 6) is 0.0381. The fraction of sp³-hybridized carbons (Fsp3) is 0.240. The van der Waals surface area contributed by atoms with E-state index in [9.17, 15) is 9.18 Å². The topological polar surface area (TPSA) is 97.5 Å². The minimum absolute atomic E-state index is 0.156. The van der Waals surface area contributed by atoms with E-state index in [-0.39, 0.29) is 12.2 Å². The van der Waals surface area contributed by atoms with Gasteiger partial charge in [-0.2, -0.15) is 0 Å². The lowest BCUT2D eigenvalue weighted by molar-refractivity contribution is -0.137. The van der Waals surface area contributed by atoms with Gasteiger partial charge in [0.1, 0.15) is 17.9 Å². The zero-order valence-electron chi connectivity index (χ0n) is 18.2. The Kier molecular flexibility index (Phi) is 6.83. The average molecular weight is 449 g/mol. The highest BCUT2D eigenvalue weighted by Gasteiger charge is 2.23. The number of methoxy groups -OCH3 is 1. The summed E-state index contributed by atoms with van der Waals surface area (Å²) in [6, 6.07) is 14.3. The molecule has 0 aliphatic rings. The number of ether oxygens (including phenoxy) is 1. The number of rotatable bonds is 10. The van der Waals surface area contributed by atoms with E-state index in [1.54, 1.807) is 12.1 Å². The summed E-state index contributed by atoms with van der Waals surface area (Å²) < 4.78 is 25.8. The summed E-state index contributed by atoms with van der Waals surface area (Å²) >= 11 is 0. The number of hydrogen-bond acceptors (Lipinski definition) is 6. The van der Waals surface area contributed by atoms with Crippen LogP contribution < -0.4 is 10.1 Å². The van der Waals surface area contributed by atoms with Crippen molar-refractivity contribution in [3.05, 3.63) is 60.7 Å². The molecule has 2 aromatic carbocycles. The zero-order chi connectivity index (χ0) is 23.2. The molecule has 2 N–H and O–H groups in total. The van der Waals surface area contributed by atoms with Gasteiger partial charge in [-0.05, 0) is 30.5 Å². The molecule has 170 valence electrons. The molecule has 4 rings (SSSR count). The second kappa shape index (κ2) is 10.1. The van der Waals surface area contributed by atoms with Crippen LogP contribution in [0.15, 0.2) is 59.3 Å². The van der Waals surface area contributed by atoms with Crippen LogP contribution in [0, 0.1) is 5.82 Å². The molecule has 0 spiro atoms. The first-order valence-electron chi connectivity index (χ1n) is 10.7. The number of nitrogens with zero attached hydrogens (tertiary/aromatic N) is 2. The number of unbranched alkanes of at least 4 members (excludes halogenated alkanes) is 2. The predicted molar refractivity (Wildman–Crippen MR) is 124 cm³/mol. The number of benzene rings is 2. The van der Waals surface area contributed by atoms with Gasteiger partial charge in [0.25, 0.3) is 0 Å². The normalized spacial score (nSPS) is 11.0. The fourth-order valence-electron chi connectivity index (χ4n) is 3.74. The number of fused-ring (bicyclic) bond motifs is 1. The number of hydrogen-bond donors (Lipinski definition) is 2. The number of carboxylic acids is 1. The van der Waals surface area contributed by atoms with E-state index in [1.807, 2.05) is 30.3 Å². The third kappa shape index (κ3) is 4.95. The number of aromatic nitrogens is 2. The van der Waals surface area contributed by atoms with Crippen LogP contribution in [0.3, 0.4) is 0 Å². The van der Waals surface area contributed by atoms with E-state index in [0.717, 1.165) is 18.4 Å². The molecule has 0 aliphatic heterocycles. The number of carboxylic acid groups (broad SMARTS) is 1. The van der Waals surface area contributed by atoms with Crippen LogP contribution >= 0.6 is 0 Å². The van der Waals surface area contributed by atoms with Crippen LogP contribution in [0.1, 0.15) is 25.7 Å². The first-order valence-corrected chi connectivity index (χ1v) is 10.7. The molecule has 8 heteroatoms. The van der Waals surface area contributed by atoms with Gasteiger partial charge < -0.3 is 19.6 Å². The molecular weight excluding hydrogens is 425 g/mol. The minimum Gasteiger partial charge on any atom is -0.494 e. The first-order chi connectivity index (χ1) is 16.1. The van der Waals surface area contributed by atoms with Crippen molar-refractivity contribution in [3.63, 3.8) is 0 Å². The Hall–Kier alpha value is -3.94. The maximum absolute atomic E-state index is 14.6. The number of carbonyl (C=O) groups is 1. The Morgan fingerprint density at radius 2 is 1.91 bits per heavy atom. The third-order valence-electron chi connectivity index (χ3n) is 5.32. The van der Waals surface area contributed by atoms with Crippen molar-refractivity contribution < 1.29 is 23.4 Å². The summed E-state index contributed by atoms with van der Waals surface area (Å²) in [6.45, 7) is 0.605. The standard InChI is InChI=1S/C25H24FN3O4/c1-32-19-12-11-17(14-18(19)26)21-22-24(27-13-7-3-6-10-20(30)31)28-15-29-25(22)33-23(21)16-8-4-2-5-9-16/h2,4-5,8-9,11-12,14-15H,3,6-7,10,13H2,1H3,(H,30,31)(H,27,28,29). The molecule has 2 aromatic heterocycles. The Balaban J connectivity index is 1.74. The highest BCUT2D eigenvalue weighted by Crippen LogP contribution is 2.43. The van der Waals surface area contributed by atoms with E-state index >= 15 is 0 Å². The second-order valence-electron chi connectivity index (χ2n) is 7.56. The van der Waals surface area contributed by atoms with Crippen molar-refractivity contribution in [1.29, 1.82) is 0 Å². The molecule has 0 aliphatic carbocycles. The molecule has 0 saturated heterocycles. The Morgan fingerprint density at radius 1 is 1.09 bits per heavy atom. The van der Waals surface area contributed by atoms with Gasteiger partial charge in [0.05, 0.1) is 12.5 Å². The second-order valence-corrected chi connectivity index (χ2v) is 7.56. The summed E-state index contributed by atoms with van der Waals surface area (Å²) in [4.78, 5) is 19.4. The summed E-state index contributed by atoms with van der Waals surface area (Å²) in [7, 11) is 1.42. The lowest BCUT2D eigenvalue weighted by Gasteiger charge is -2.09. The van der Waals surface area contributed by atoms with E-state index in [4.69, 9.17) is 14.3 Å². The monoisotopic (exact) mass is 449 g/mol. The van der Waals surface area contributed by atoms with Crippen LogP contribution in [0.2, 0.25) is 0 Å². The van der Waals surface area contributed by atoms with Crippen LogP contribution in [0.25, 0.3) is 33.6 Å². The molecule has 0 bridgehead atoms. The van der Waals surface area contributed by atoms with Gasteiger partial charge in [0, 0.05) is 24.1 Å². The predicted octanol–water partition coefficient (Wildman–Crippen LogP) is 5.76. The Labute approximate surface area is 190 Å². The quantitative estimate of drug-likeness (QED) is 0.297. The number of halogens is 1. The van der Waals surface area contributed by atoms with E-state index < -0.39 is 11.8 Å². The van der Waals surface area contributed by atoms with Crippen molar-refractivity contribution in [2.24, 2.45) is 0 Å². The molecular formula is C25H24FN3O4. The average Bonchev–Trinajstić information content (AvgIpc) is 3.22. The molecule has 4 aromatic rings. The van der Waals surface area contributed by atoms with Gasteiger partial charge in [0.15, 0.2) is 11.6 Å². The van der Waals surface area contributed by atoms with Crippen molar-refractivity contribution >= 4 is 22.9 Å². The fourth-order valence-corrected chi connectivity index (χ4v) is 3.74. The first kappa shape index (κ1) is 22.3. The molecule has 2 heterocycles. The van der Waals surface area contributed by atoms with Crippen molar-refractivity contribution in [1.82, 2.24) is 9.97 Å². The molecule has 0 fully saturated rings. The van der Waals surface area contributed by atoms with Crippen molar-refractivity contribution in [3.8, 4) is 28.2 Å². The van der Waals surface area contributed by atoms with Gasteiger partial charge in [-0.15, -0.1) is 0 Å². The van der Waals surface area contributed by atoms with Crippen LogP contribution in [-0.4, -0.2) is 34.7 Å². The van der Waals surface area contributed by atoms with Crippen LogP contribution in [-0.2, 0) is 4.79 Å². The van der Waals surface area contributed by atoms with Gasteiger partial charge in [0.2, 0.25) is 5.71 Å². The zero-order valence-corrected chi connectivity index (χ0v) is 18.2. The highest BCUT2D eigenvalue weighted by molar-refractivity contribution is 6.05. The molecule has 0 unspecified atom stereocenters. The third-order valence-corrected chi connectivity index (χ3v) is 5.32. The molecule has 0 saturated carbocycles. The van der Waals surface area contributed by atoms with Crippen molar-refractivity contribution in [2.75, 3.05) is 19.0 Å². The molecule has 0 atom stereocenters.